The number of carbonyl (C=O) groups excluding carboxylic acids is 1. The topological polar surface area (TPSA) is 42.0 Å². The number of nitrogens with one attached hydrogen (secondary N) is 1. The van der Waals surface area contributed by atoms with E-state index in [0.29, 0.717) is 10.9 Å². The molecule has 0 bridgehead atoms. The lowest BCUT2D eigenvalue weighted by molar-refractivity contribution is -0.113. The predicted octanol–water partition coefficient (Wildman–Crippen LogP) is 3.80. The number of nitrogens with zero attached hydrogens (tertiary/aromatic N) is 1. The van der Waals surface area contributed by atoms with Gasteiger partial charge in [0.15, 0.2) is 5.13 Å². The van der Waals surface area contributed by atoms with Crippen LogP contribution in [0.1, 0.15) is 16.0 Å². The molecule has 0 radical (unpaired) electrons. The molecule has 1 aromatic heterocycles. The molecule has 0 aliphatic carbocycles. The number of anilines is 1. The summed E-state index contributed by atoms with van der Waals surface area (Å²) in [5.41, 5.74) is 2.41. The lowest BCUT2D eigenvalue weighted by atomic mass is 10.2. The monoisotopic (exact) mass is 292 g/mol. The Morgan fingerprint density at radius 3 is 2.84 bits per heavy atom. The molecule has 0 aliphatic rings. The first kappa shape index (κ1) is 14.1. The van der Waals surface area contributed by atoms with Crippen LogP contribution < -0.4 is 5.32 Å². The first-order valence-corrected chi connectivity index (χ1v) is 7.77. The summed E-state index contributed by atoms with van der Waals surface area (Å²) in [5.74, 6) is 0.392. The maximum absolute atomic E-state index is 11.8. The van der Waals surface area contributed by atoms with Crippen molar-refractivity contribution in [3.05, 3.63) is 40.4 Å². The Hall–Kier alpha value is -1.33. The van der Waals surface area contributed by atoms with Gasteiger partial charge in [0, 0.05) is 16.0 Å². The molecule has 5 heteroatoms. The SMILES string of the molecule is Cc1ccc(C)c(SCC(=O)Nc2ncc(C)s2)c1. The summed E-state index contributed by atoms with van der Waals surface area (Å²) < 4.78 is 0. The third kappa shape index (κ3) is 4.08. The largest absolute Gasteiger partial charge is 0.301 e. The molecule has 3 nitrogen and oxygen atoms in total. The van der Waals surface area contributed by atoms with E-state index in [9.17, 15) is 4.79 Å². The number of rotatable bonds is 4. The Bertz CT molecular complexity index is 593. The van der Waals surface area contributed by atoms with Crippen LogP contribution in [0.15, 0.2) is 29.3 Å². The number of thioether (sulfide) groups is 1. The van der Waals surface area contributed by atoms with Gasteiger partial charge < -0.3 is 5.32 Å². The molecule has 2 rings (SSSR count). The predicted molar refractivity (Wildman–Crippen MR) is 82.1 cm³/mol. The van der Waals surface area contributed by atoms with E-state index in [2.05, 4.69) is 42.3 Å². The van der Waals surface area contributed by atoms with E-state index in [0.717, 1.165) is 9.77 Å². The van der Waals surface area contributed by atoms with Gasteiger partial charge in [0.05, 0.1) is 5.75 Å². The Morgan fingerprint density at radius 1 is 1.37 bits per heavy atom. The van der Waals surface area contributed by atoms with Crippen LogP contribution in [0.2, 0.25) is 0 Å². The van der Waals surface area contributed by atoms with E-state index in [1.165, 1.54) is 22.5 Å². The molecule has 2 aromatic rings. The van der Waals surface area contributed by atoms with Crippen molar-refractivity contribution in [2.75, 3.05) is 11.1 Å². The number of hydrogen-bond donors (Lipinski definition) is 1. The first-order chi connectivity index (χ1) is 9.04. The van der Waals surface area contributed by atoms with E-state index < -0.39 is 0 Å². The summed E-state index contributed by atoms with van der Waals surface area (Å²) in [7, 11) is 0. The van der Waals surface area contributed by atoms with Gasteiger partial charge in [-0.3, -0.25) is 4.79 Å². The van der Waals surface area contributed by atoms with Crippen molar-refractivity contribution >= 4 is 34.1 Å². The average Bonchev–Trinajstić information content (AvgIpc) is 2.76. The van der Waals surface area contributed by atoms with Gasteiger partial charge in [-0.1, -0.05) is 17.7 Å². The number of carbonyl (C=O) groups is 1. The Morgan fingerprint density at radius 2 is 2.16 bits per heavy atom. The molecular weight excluding hydrogens is 276 g/mol. The van der Waals surface area contributed by atoms with Crippen molar-refractivity contribution in [2.45, 2.75) is 25.7 Å². The van der Waals surface area contributed by atoms with Gasteiger partial charge >= 0.3 is 0 Å². The summed E-state index contributed by atoms with van der Waals surface area (Å²) >= 11 is 3.05. The van der Waals surface area contributed by atoms with E-state index >= 15 is 0 Å². The zero-order chi connectivity index (χ0) is 13.8. The van der Waals surface area contributed by atoms with Crippen LogP contribution in [0.3, 0.4) is 0 Å². The number of amides is 1. The highest BCUT2D eigenvalue weighted by molar-refractivity contribution is 8.00. The van der Waals surface area contributed by atoms with Gasteiger partial charge in [-0.25, -0.2) is 4.98 Å². The van der Waals surface area contributed by atoms with Crippen molar-refractivity contribution in [1.82, 2.24) is 4.98 Å². The minimum atomic E-state index is -0.0137. The van der Waals surface area contributed by atoms with Crippen LogP contribution in [-0.4, -0.2) is 16.6 Å². The van der Waals surface area contributed by atoms with Crippen LogP contribution >= 0.6 is 23.1 Å². The van der Waals surface area contributed by atoms with Gasteiger partial charge in [0.25, 0.3) is 0 Å². The van der Waals surface area contributed by atoms with Crippen molar-refractivity contribution in [2.24, 2.45) is 0 Å². The van der Waals surface area contributed by atoms with E-state index in [1.807, 2.05) is 6.92 Å². The minimum absolute atomic E-state index is 0.0137. The molecular formula is C14H16N2OS2. The van der Waals surface area contributed by atoms with Gasteiger partial charge in [-0.15, -0.1) is 23.1 Å². The van der Waals surface area contributed by atoms with E-state index in [4.69, 9.17) is 0 Å². The molecule has 0 aliphatic heterocycles. The molecule has 0 saturated heterocycles. The minimum Gasteiger partial charge on any atom is -0.301 e. The maximum Gasteiger partial charge on any atom is 0.236 e. The summed E-state index contributed by atoms with van der Waals surface area (Å²) in [5, 5.41) is 3.49. The second-order valence-corrected chi connectivity index (χ2v) is 6.63. The lowest BCUT2D eigenvalue weighted by Gasteiger charge is -2.06. The Balaban J connectivity index is 1.91. The van der Waals surface area contributed by atoms with Gasteiger partial charge in [0.1, 0.15) is 0 Å². The number of hydrogen-bond acceptors (Lipinski definition) is 4. The molecule has 0 spiro atoms. The van der Waals surface area contributed by atoms with Crippen molar-refractivity contribution in [3.8, 4) is 0 Å². The fraction of sp³-hybridized carbons (Fsp3) is 0.286. The number of thiazole rings is 1. The Labute approximate surface area is 121 Å². The molecule has 1 heterocycles. The molecule has 0 unspecified atom stereocenters. The molecule has 100 valence electrons. The third-order valence-electron chi connectivity index (χ3n) is 2.57. The van der Waals surface area contributed by atoms with Crippen LogP contribution in [0.25, 0.3) is 0 Å². The van der Waals surface area contributed by atoms with Gasteiger partial charge in [-0.05, 0) is 32.4 Å². The zero-order valence-corrected chi connectivity index (χ0v) is 12.8. The van der Waals surface area contributed by atoms with Gasteiger partial charge in [-0.2, -0.15) is 0 Å². The van der Waals surface area contributed by atoms with Crippen LogP contribution in [-0.2, 0) is 4.79 Å². The van der Waals surface area contributed by atoms with Crippen molar-refractivity contribution < 1.29 is 4.79 Å². The number of aryl methyl sites for hydroxylation is 3. The van der Waals surface area contributed by atoms with Crippen molar-refractivity contribution in [1.29, 1.82) is 0 Å². The molecule has 0 saturated carbocycles. The highest BCUT2D eigenvalue weighted by Crippen LogP contribution is 2.24. The van der Waals surface area contributed by atoms with E-state index in [-0.39, 0.29) is 5.91 Å². The molecule has 19 heavy (non-hydrogen) atoms. The first-order valence-electron chi connectivity index (χ1n) is 5.97. The molecule has 0 atom stereocenters. The standard InChI is InChI=1S/C14H16N2OS2/c1-9-4-5-10(2)12(6-9)18-8-13(17)16-14-15-7-11(3)19-14/h4-7H,8H2,1-3H3,(H,15,16,17). The van der Waals surface area contributed by atoms with Gasteiger partial charge in [0.2, 0.25) is 5.91 Å². The molecule has 1 N–H and O–H groups in total. The fourth-order valence-corrected chi connectivity index (χ4v) is 3.18. The number of aromatic nitrogens is 1. The lowest BCUT2D eigenvalue weighted by Crippen LogP contribution is -2.13. The smallest absolute Gasteiger partial charge is 0.236 e. The highest BCUT2D eigenvalue weighted by atomic mass is 32.2. The second kappa shape index (κ2) is 6.21. The zero-order valence-electron chi connectivity index (χ0n) is 11.2. The highest BCUT2D eigenvalue weighted by Gasteiger charge is 2.07. The average molecular weight is 292 g/mol. The van der Waals surface area contributed by atoms with Crippen LogP contribution in [0.5, 0.6) is 0 Å². The molecule has 1 amide bonds. The van der Waals surface area contributed by atoms with Crippen LogP contribution in [0.4, 0.5) is 5.13 Å². The fourth-order valence-electron chi connectivity index (χ4n) is 1.57. The normalized spacial score (nSPS) is 10.5. The third-order valence-corrected chi connectivity index (χ3v) is 4.56. The second-order valence-electron chi connectivity index (χ2n) is 4.38. The Kier molecular flexibility index (Phi) is 4.61. The van der Waals surface area contributed by atoms with Crippen molar-refractivity contribution in [3.63, 3.8) is 0 Å². The molecule has 1 aromatic carbocycles. The summed E-state index contributed by atoms with van der Waals surface area (Å²) in [6.45, 7) is 6.09. The maximum atomic E-state index is 11.8. The van der Waals surface area contributed by atoms with Crippen LogP contribution in [0, 0.1) is 20.8 Å². The summed E-state index contributed by atoms with van der Waals surface area (Å²) in [4.78, 5) is 18.2. The summed E-state index contributed by atoms with van der Waals surface area (Å²) in [6, 6.07) is 6.28. The quantitative estimate of drug-likeness (QED) is 0.872. The summed E-state index contributed by atoms with van der Waals surface area (Å²) in [6.07, 6.45) is 1.76. The van der Waals surface area contributed by atoms with E-state index in [1.54, 1.807) is 18.0 Å². The molecule has 0 fully saturated rings. The number of benzene rings is 1.